The zero-order valence-corrected chi connectivity index (χ0v) is 17.4. The van der Waals surface area contributed by atoms with E-state index in [2.05, 4.69) is 46.6 Å². The summed E-state index contributed by atoms with van der Waals surface area (Å²) in [7, 11) is 2.24. The van der Waals surface area contributed by atoms with Crippen LogP contribution in [0.3, 0.4) is 0 Å². The molecule has 1 aliphatic rings. The minimum Gasteiger partial charge on any atom is -0.303 e. The molecule has 0 aromatic rings. The van der Waals surface area contributed by atoms with Gasteiger partial charge in [-0.2, -0.15) is 0 Å². The average molecular weight is 338 g/mol. The van der Waals surface area contributed by atoms with Gasteiger partial charge in [0.25, 0.3) is 0 Å². The third-order valence-electron chi connectivity index (χ3n) is 6.51. The molecule has 2 nitrogen and oxygen atoms in total. The van der Waals surface area contributed by atoms with Crippen molar-refractivity contribution in [3.8, 4) is 0 Å². The van der Waals surface area contributed by atoms with Gasteiger partial charge in [-0.3, -0.25) is 4.90 Å². The van der Waals surface area contributed by atoms with Crippen LogP contribution in [-0.4, -0.2) is 29.3 Å². The molecule has 0 radical (unpaired) electrons. The Kier molecular flexibility index (Phi) is 8.98. The summed E-state index contributed by atoms with van der Waals surface area (Å²) in [5.41, 5.74) is 0.375. The maximum Gasteiger partial charge on any atom is 0.123 e. The first-order chi connectivity index (χ1) is 11.2. The van der Waals surface area contributed by atoms with Crippen LogP contribution in [0.1, 0.15) is 105 Å². The van der Waals surface area contributed by atoms with Crippen molar-refractivity contribution in [2.24, 2.45) is 11.8 Å². The van der Waals surface area contributed by atoms with Gasteiger partial charge in [-0.1, -0.05) is 58.3 Å². The van der Waals surface area contributed by atoms with Crippen LogP contribution >= 0.6 is 0 Å². The molecule has 2 heteroatoms. The predicted molar refractivity (Wildman–Crippen MR) is 105 cm³/mol. The van der Waals surface area contributed by atoms with Crippen LogP contribution in [0.2, 0.25) is 0 Å². The van der Waals surface area contributed by atoms with Crippen molar-refractivity contribution < 1.29 is 4.79 Å². The predicted octanol–water partition coefficient (Wildman–Crippen LogP) is 6.23. The number of piperidine rings is 1. The lowest BCUT2D eigenvalue weighted by molar-refractivity contribution is -0.116. The van der Waals surface area contributed by atoms with E-state index in [9.17, 15) is 4.79 Å². The summed E-state index contributed by atoms with van der Waals surface area (Å²) in [6.45, 7) is 11.6. The molecule has 1 fully saturated rings. The van der Waals surface area contributed by atoms with Crippen LogP contribution in [0.5, 0.6) is 0 Å². The van der Waals surface area contributed by atoms with Crippen molar-refractivity contribution in [1.82, 2.24) is 4.90 Å². The number of aldehydes is 1. The molecule has 0 N–H and O–H groups in total. The molecule has 1 unspecified atom stereocenters. The average Bonchev–Trinajstić information content (AvgIpc) is 2.50. The number of nitrogens with zero attached hydrogens (tertiary/aromatic N) is 1. The molecule has 0 amide bonds. The number of rotatable bonds is 11. The van der Waals surface area contributed by atoms with E-state index < -0.39 is 0 Å². The molecule has 1 heterocycles. The summed E-state index contributed by atoms with van der Waals surface area (Å²) in [6.07, 6.45) is 15.4. The van der Waals surface area contributed by atoms with E-state index in [0.29, 0.717) is 5.92 Å². The summed E-state index contributed by atoms with van der Waals surface area (Å²) in [5, 5.41) is 0. The van der Waals surface area contributed by atoms with Gasteiger partial charge in [0.1, 0.15) is 6.29 Å². The van der Waals surface area contributed by atoms with Crippen molar-refractivity contribution in [3.63, 3.8) is 0 Å². The normalized spacial score (nSPS) is 22.4. The Hall–Kier alpha value is -0.370. The Morgan fingerprint density at radius 1 is 0.917 bits per heavy atom. The Morgan fingerprint density at radius 3 is 1.83 bits per heavy atom. The van der Waals surface area contributed by atoms with Crippen molar-refractivity contribution in [1.29, 1.82) is 0 Å². The smallest absolute Gasteiger partial charge is 0.123 e. The minimum absolute atomic E-state index is 0.187. The fourth-order valence-corrected chi connectivity index (χ4v) is 4.68. The fraction of sp³-hybridized carbons (Fsp3) is 0.955. The van der Waals surface area contributed by atoms with Crippen LogP contribution in [0.25, 0.3) is 0 Å². The third-order valence-corrected chi connectivity index (χ3v) is 6.51. The molecule has 1 saturated heterocycles. The van der Waals surface area contributed by atoms with Crippen molar-refractivity contribution in [3.05, 3.63) is 0 Å². The van der Waals surface area contributed by atoms with Crippen molar-refractivity contribution in [2.75, 3.05) is 7.05 Å². The van der Waals surface area contributed by atoms with Gasteiger partial charge in [0, 0.05) is 17.0 Å². The van der Waals surface area contributed by atoms with E-state index in [1.54, 1.807) is 0 Å². The molecule has 0 aromatic carbocycles. The lowest BCUT2D eigenvalue weighted by atomic mass is 9.69. The van der Waals surface area contributed by atoms with E-state index in [1.807, 2.05) is 0 Å². The molecule has 1 aliphatic heterocycles. The van der Waals surface area contributed by atoms with Gasteiger partial charge < -0.3 is 4.79 Å². The fourth-order valence-electron chi connectivity index (χ4n) is 4.68. The standard InChI is InChI=1S/C22H43NO/c1-7-8-9-10-11-12-13-14-15-19(18-24)20-16-21(2,3)23(6)22(4,5)17-20/h18-20H,7-17H2,1-6H3. The van der Waals surface area contributed by atoms with Gasteiger partial charge in [-0.05, 0) is 59.9 Å². The second-order valence-electron chi connectivity index (χ2n) is 9.42. The molecule has 0 aliphatic carbocycles. The highest BCUT2D eigenvalue weighted by atomic mass is 16.1. The SMILES string of the molecule is CCCCCCCCCCC(C=O)C1CC(C)(C)N(C)C(C)(C)C1. The van der Waals surface area contributed by atoms with Crippen molar-refractivity contribution in [2.45, 2.75) is 116 Å². The number of carbonyl (C=O) groups excluding carboxylic acids is 1. The van der Waals surface area contributed by atoms with E-state index in [1.165, 1.54) is 57.7 Å². The zero-order valence-electron chi connectivity index (χ0n) is 17.4. The minimum atomic E-state index is 0.187. The summed E-state index contributed by atoms with van der Waals surface area (Å²) >= 11 is 0. The van der Waals surface area contributed by atoms with E-state index >= 15 is 0 Å². The topological polar surface area (TPSA) is 20.3 Å². The van der Waals surface area contributed by atoms with Gasteiger partial charge in [0.05, 0.1) is 0 Å². The largest absolute Gasteiger partial charge is 0.303 e. The first-order valence-corrected chi connectivity index (χ1v) is 10.4. The molecule has 0 spiro atoms. The summed E-state index contributed by atoms with van der Waals surface area (Å²) in [5.74, 6) is 0.811. The number of likely N-dealkylation sites (tertiary alicyclic amines) is 1. The highest BCUT2D eigenvalue weighted by Crippen LogP contribution is 2.43. The molecule has 0 aromatic heterocycles. The maximum atomic E-state index is 11.7. The summed E-state index contributed by atoms with van der Waals surface area (Å²) < 4.78 is 0. The monoisotopic (exact) mass is 337 g/mol. The van der Waals surface area contributed by atoms with Gasteiger partial charge in [0.15, 0.2) is 0 Å². The molecular weight excluding hydrogens is 294 g/mol. The van der Waals surface area contributed by atoms with Gasteiger partial charge in [-0.15, -0.1) is 0 Å². The van der Waals surface area contributed by atoms with Gasteiger partial charge in [-0.25, -0.2) is 0 Å². The number of carbonyl (C=O) groups is 1. The Balaban J connectivity index is 2.37. The number of unbranched alkanes of at least 4 members (excludes halogenated alkanes) is 7. The highest BCUT2D eigenvalue weighted by Gasteiger charge is 2.44. The summed E-state index contributed by atoms with van der Waals surface area (Å²) in [6, 6.07) is 0. The highest BCUT2D eigenvalue weighted by molar-refractivity contribution is 5.54. The summed E-state index contributed by atoms with van der Waals surface area (Å²) in [4.78, 5) is 14.2. The van der Waals surface area contributed by atoms with Crippen LogP contribution in [0.4, 0.5) is 0 Å². The van der Waals surface area contributed by atoms with Gasteiger partial charge in [0.2, 0.25) is 0 Å². The van der Waals surface area contributed by atoms with Crippen LogP contribution in [0.15, 0.2) is 0 Å². The van der Waals surface area contributed by atoms with Crippen LogP contribution in [0, 0.1) is 11.8 Å². The molecule has 0 saturated carbocycles. The van der Waals surface area contributed by atoms with Crippen LogP contribution in [-0.2, 0) is 4.79 Å². The first-order valence-electron chi connectivity index (χ1n) is 10.4. The third kappa shape index (κ3) is 6.50. The Labute approximate surface area is 151 Å². The quantitative estimate of drug-likeness (QED) is 0.329. The molecular formula is C22H43NO. The van der Waals surface area contributed by atoms with Gasteiger partial charge >= 0.3 is 0 Å². The van der Waals surface area contributed by atoms with Crippen LogP contribution < -0.4 is 0 Å². The molecule has 1 rings (SSSR count). The maximum absolute atomic E-state index is 11.7. The Bertz CT molecular complexity index is 343. The zero-order chi connectivity index (χ0) is 18.2. The van der Waals surface area contributed by atoms with Crippen molar-refractivity contribution >= 4 is 6.29 Å². The molecule has 24 heavy (non-hydrogen) atoms. The lowest BCUT2D eigenvalue weighted by Crippen LogP contribution is -2.59. The first kappa shape index (κ1) is 21.7. The Morgan fingerprint density at radius 2 is 1.38 bits per heavy atom. The lowest BCUT2D eigenvalue weighted by Gasteiger charge is -2.54. The van der Waals surface area contributed by atoms with E-state index in [-0.39, 0.29) is 17.0 Å². The number of hydrogen-bond donors (Lipinski definition) is 0. The van der Waals surface area contributed by atoms with E-state index in [4.69, 9.17) is 0 Å². The molecule has 142 valence electrons. The number of hydrogen-bond acceptors (Lipinski definition) is 2. The molecule has 1 atom stereocenters. The van der Waals surface area contributed by atoms with E-state index in [0.717, 1.165) is 19.3 Å². The second kappa shape index (κ2) is 9.94. The molecule has 0 bridgehead atoms. The second-order valence-corrected chi connectivity index (χ2v) is 9.42.